The van der Waals surface area contributed by atoms with E-state index < -0.39 is 35.2 Å². The summed E-state index contributed by atoms with van der Waals surface area (Å²) in [6.45, 7) is 1.63. The first-order chi connectivity index (χ1) is 14.4. The maximum Gasteiger partial charge on any atom is 0.229 e. The number of hydrogen-bond donors (Lipinski definition) is 1. The van der Waals surface area contributed by atoms with Crippen LogP contribution in [-0.4, -0.2) is 31.4 Å². The van der Waals surface area contributed by atoms with Gasteiger partial charge in [0.25, 0.3) is 0 Å². The van der Waals surface area contributed by atoms with Crippen LogP contribution in [0.15, 0.2) is 36.4 Å². The summed E-state index contributed by atoms with van der Waals surface area (Å²) in [5.74, 6) is -3.65. The van der Waals surface area contributed by atoms with E-state index in [1.165, 1.54) is 18.2 Å². The number of carbonyl (C=O) groups is 2. The number of nitrogens with zero attached hydrogens (tertiary/aromatic N) is 2. The molecule has 1 atom stereocenters. The standard InChI is InChI=1S/C22H22F3N3O2/c23-15-4-6-19(17(25)11-15)28-13-14(10-21(28)29)22(30)26-18-12-16(24)5-7-20(18)27-8-2-1-3-9-27/h4-7,11-12,14H,1-3,8-10,13H2,(H,26,30). The van der Waals surface area contributed by atoms with Crippen molar-refractivity contribution in [2.45, 2.75) is 25.7 Å². The third kappa shape index (κ3) is 4.13. The van der Waals surface area contributed by atoms with Crippen molar-refractivity contribution >= 4 is 28.9 Å². The summed E-state index contributed by atoms with van der Waals surface area (Å²) >= 11 is 0. The van der Waals surface area contributed by atoms with Crippen molar-refractivity contribution in [1.29, 1.82) is 0 Å². The Kier molecular flexibility index (Phi) is 5.65. The topological polar surface area (TPSA) is 52.7 Å². The van der Waals surface area contributed by atoms with Crippen LogP contribution in [-0.2, 0) is 9.59 Å². The summed E-state index contributed by atoms with van der Waals surface area (Å²) < 4.78 is 41.1. The highest BCUT2D eigenvalue weighted by molar-refractivity contribution is 6.04. The van der Waals surface area contributed by atoms with Gasteiger partial charge in [-0.15, -0.1) is 0 Å². The lowest BCUT2D eigenvalue weighted by molar-refractivity contribution is -0.122. The van der Waals surface area contributed by atoms with E-state index in [4.69, 9.17) is 0 Å². The largest absolute Gasteiger partial charge is 0.370 e. The van der Waals surface area contributed by atoms with Gasteiger partial charge in [0.2, 0.25) is 11.8 Å². The Morgan fingerprint density at radius 2 is 1.60 bits per heavy atom. The van der Waals surface area contributed by atoms with Crippen LogP contribution < -0.4 is 15.1 Å². The molecule has 2 aromatic carbocycles. The second-order valence-electron chi connectivity index (χ2n) is 7.70. The first-order valence-electron chi connectivity index (χ1n) is 10.0. The summed E-state index contributed by atoms with van der Waals surface area (Å²) in [5, 5.41) is 2.75. The van der Waals surface area contributed by atoms with Crippen LogP contribution in [0.1, 0.15) is 25.7 Å². The average molecular weight is 417 g/mol. The Hall–Kier alpha value is -3.03. The Morgan fingerprint density at radius 1 is 0.933 bits per heavy atom. The fraction of sp³-hybridized carbons (Fsp3) is 0.364. The molecule has 158 valence electrons. The Bertz CT molecular complexity index is 976. The zero-order chi connectivity index (χ0) is 21.3. The Balaban J connectivity index is 1.51. The van der Waals surface area contributed by atoms with Crippen molar-refractivity contribution in [1.82, 2.24) is 0 Å². The van der Waals surface area contributed by atoms with Gasteiger partial charge in [-0.2, -0.15) is 0 Å². The van der Waals surface area contributed by atoms with E-state index in [0.717, 1.165) is 49.0 Å². The molecule has 2 aliphatic heterocycles. The van der Waals surface area contributed by atoms with E-state index in [1.807, 2.05) is 0 Å². The molecular formula is C22H22F3N3O2. The minimum absolute atomic E-state index is 0.0262. The average Bonchev–Trinajstić information content (AvgIpc) is 3.10. The monoisotopic (exact) mass is 417 g/mol. The number of benzene rings is 2. The zero-order valence-electron chi connectivity index (χ0n) is 16.3. The lowest BCUT2D eigenvalue weighted by Crippen LogP contribution is -2.32. The van der Waals surface area contributed by atoms with Gasteiger partial charge in [0.05, 0.1) is 23.0 Å². The van der Waals surface area contributed by atoms with Gasteiger partial charge in [0.1, 0.15) is 17.5 Å². The van der Waals surface area contributed by atoms with Gasteiger partial charge in [-0.25, -0.2) is 13.2 Å². The molecule has 2 aliphatic rings. The second kappa shape index (κ2) is 8.38. The lowest BCUT2D eigenvalue weighted by atomic mass is 10.1. The minimum Gasteiger partial charge on any atom is -0.370 e. The van der Waals surface area contributed by atoms with Gasteiger partial charge in [0, 0.05) is 32.1 Å². The van der Waals surface area contributed by atoms with E-state index >= 15 is 0 Å². The normalized spacial score (nSPS) is 19.3. The van der Waals surface area contributed by atoms with Crippen molar-refractivity contribution in [2.75, 3.05) is 34.8 Å². The molecule has 2 fully saturated rings. The van der Waals surface area contributed by atoms with Crippen LogP contribution in [0.2, 0.25) is 0 Å². The molecule has 0 aliphatic carbocycles. The second-order valence-corrected chi connectivity index (χ2v) is 7.70. The van der Waals surface area contributed by atoms with Gasteiger partial charge >= 0.3 is 0 Å². The minimum atomic E-state index is -0.859. The Morgan fingerprint density at radius 3 is 2.30 bits per heavy atom. The van der Waals surface area contributed by atoms with E-state index in [2.05, 4.69) is 10.2 Å². The summed E-state index contributed by atoms with van der Waals surface area (Å²) in [6.07, 6.45) is 3.09. The van der Waals surface area contributed by atoms with Crippen molar-refractivity contribution in [3.8, 4) is 0 Å². The highest BCUT2D eigenvalue weighted by atomic mass is 19.1. The fourth-order valence-corrected chi connectivity index (χ4v) is 4.07. The number of nitrogens with one attached hydrogen (secondary N) is 1. The van der Waals surface area contributed by atoms with E-state index in [-0.39, 0.29) is 18.7 Å². The molecule has 0 spiro atoms. The van der Waals surface area contributed by atoms with Crippen molar-refractivity contribution in [3.63, 3.8) is 0 Å². The van der Waals surface area contributed by atoms with Gasteiger partial charge in [-0.3, -0.25) is 9.59 Å². The zero-order valence-corrected chi connectivity index (χ0v) is 16.3. The molecule has 2 heterocycles. The molecule has 8 heteroatoms. The molecule has 4 rings (SSSR count). The number of piperidine rings is 1. The quantitative estimate of drug-likeness (QED) is 0.816. The van der Waals surface area contributed by atoms with Gasteiger partial charge in [-0.05, 0) is 49.6 Å². The molecule has 2 amide bonds. The van der Waals surface area contributed by atoms with Gasteiger partial charge < -0.3 is 15.1 Å². The lowest BCUT2D eigenvalue weighted by Gasteiger charge is -2.30. The van der Waals surface area contributed by atoms with Crippen molar-refractivity contribution in [2.24, 2.45) is 5.92 Å². The van der Waals surface area contributed by atoms with Crippen molar-refractivity contribution < 1.29 is 22.8 Å². The number of hydrogen-bond acceptors (Lipinski definition) is 3. The molecule has 0 bridgehead atoms. The van der Waals surface area contributed by atoms with Crippen molar-refractivity contribution in [3.05, 3.63) is 53.8 Å². The van der Waals surface area contributed by atoms with Crippen LogP contribution in [0.25, 0.3) is 0 Å². The van der Waals surface area contributed by atoms with Gasteiger partial charge in [-0.1, -0.05) is 0 Å². The first-order valence-corrected chi connectivity index (χ1v) is 10.0. The number of rotatable bonds is 4. The highest BCUT2D eigenvalue weighted by Crippen LogP contribution is 2.32. The Labute approximate surface area is 172 Å². The molecule has 0 aromatic heterocycles. The van der Waals surface area contributed by atoms with Crippen LogP contribution >= 0.6 is 0 Å². The van der Waals surface area contributed by atoms with Gasteiger partial charge in [0.15, 0.2) is 0 Å². The predicted octanol–water partition coefficient (Wildman–Crippen LogP) is 4.09. The summed E-state index contributed by atoms with van der Waals surface area (Å²) in [5.41, 5.74) is 1.05. The third-order valence-corrected chi connectivity index (χ3v) is 5.61. The maximum atomic E-state index is 14.1. The molecule has 0 saturated carbocycles. The fourth-order valence-electron chi connectivity index (χ4n) is 4.07. The molecule has 5 nitrogen and oxygen atoms in total. The SMILES string of the molecule is O=C(Nc1cc(F)ccc1N1CCCCC1)C1CC(=O)N(c2ccc(F)cc2F)C1. The van der Waals surface area contributed by atoms with Crippen LogP contribution in [0.3, 0.4) is 0 Å². The van der Waals surface area contributed by atoms with Crippen LogP contribution in [0.5, 0.6) is 0 Å². The van der Waals surface area contributed by atoms with Crippen LogP contribution in [0.4, 0.5) is 30.2 Å². The molecule has 0 radical (unpaired) electrons. The molecule has 1 unspecified atom stereocenters. The number of halogens is 3. The number of carbonyl (C=O) groups excluding carboxylic acids is 2. The summed E-state index contributed by atoms with van der Waals surface area (Å²) in [6, 6.07) is 7.23. The summed E-state index contributed by atoms with van der Waals surface area (Å²) in [4.78, 5) is 28.5. The van der Waals surface area contributed by atoms with Crippen LogP contribution in [0, 0.1) is 23.4 Å². The summed E-state index contributed by atoms with van der Waals surface area (Å²) in [7, 11) is 0. The van der Waals surface area contributed by atoms with E-state index in [0.29, 0.717) is 11.8 Å². The molecular weight excluding hydrogens is 395 g/mol. The smallest absolute Gasteiger partial charge is 0.229 e. The first kappa shape index (κ1) is 20.3. The van der Waals surface area contributed by atoms with E-state index in [1.54, 1.807) is 6.07 Å². The number of anilines is 3. The highest BCUT2D eigenvalue weighted by Gasteiger charge is 2.36. The van der Waals surface area contributed by atoms with E-state index in [9.17, 15) is 22.8 Å². The number of amides is 2. The maximum absolute atomic E-state index is 14.1. The molecule has 2 aromatic rings. The third-order valence-electron chi connectivity index (χ3n) is 5.61. The molecule has 30 heavy (non-hydrogen) atoms. The molecule has 2 saturated heterocycles. The predicted molar refractivity (Wildman–Crippen MR) is 108 cm³/mol. The molecule has 1 N–H and O–H groups in total.